The van der Waals surface area contributed by atoms with E-state index >= 15 is 0 Å². The van der Waals surface area contributed by atoms with Crippen LogP contribution in [0.2, 0.25) is 0 Å². The Kier molecular flexibility index (Phi) is 3.83. The Balaban J connectivity index is 1.56. The molecule has 0 bridgehead atoms. The number of nitrogens with zero attached hydrogens (tertiary/aromatic N) is 5. The SMILES string of the molecule is Cn1cc(-c2cnn3ccc(CCC4CCCCN4)nc23)cn1. The van der Waals surface area contributed by atoms with Gasteiger partial charge >= 0.3 is 0 Å². The van der Waals surface area contributed by atoms with Gasteiger partial charge in [-0.25, -0.2) is 9.50 Å². The van der Waals surface area contributed by atoms with Gasteiger partial charge in [0.05, 0.1) is 12.4 Å². The number of hydrogen-bond acceptors (Lipinski definition) is 4. The molecular weight excluding hydrogens is 288 g/mol. The van der Waals surface area contributed by atoms with Crippen LogP contribution >= 0.6 is 0 Å². The molecule has 0 aliphatic carbocycles. The first-order valence-corrected chi connectivity index (χ1v) is 8.35. The molecule has 23 heavy (non-hydrogen) atoms. The van der Waals surface area contributed by atoms with Crippen molar-refractivity contribution in [2.24, 2.45) is 7.05 Å². The molecule has 1 fully saturated rings. The van der Waals surface area contributed by atoms with Gasteiger partial charge in [-0.15, -0.1) is 0 Å². The summed E-state index contributed by atoms with van der Waals surface area (Å²) < 4.78 is 3.64. The summed E-state index contributed by atoms with van der Waals surface area (Å²) in [6, 6.07) is 2.72. The summed E-state index contributed by atoms with van der Waals surface area (Å²) in [5.74, 6) is 0. The fraction of sp³-hybridized carbons (Fsp3) is 0.471. The molecular formula is C17H22N6. The summed E-state index contributed by atoms with van der Waals surface area (Å²) in [4.78, 5) is 4.84. The highest BCUT2D eigenvalue weighted by Crippen LogP contribution is 2.23. The van der Waals surface area contributed by atoms with Crippen LogP contribution in [0.1, 0.15) is 31.4 Å². The van der Waals surface area contributed by atoms with E-state index < -0.39 is 0 Å². The fourth-order valence-electron chi connectivity index (χ4n) is 3.30. The van der Waals surface area contributed by atoms with E-state index in [1.165, 1.54) is 19.3 Å². The molecule has 0 aromatic carbocycles. The first kappa shape index (κ1) is 14.4. The Morgan fingerprint density at radius 1 is 1.26 bits per heavy atom. The Morgan fingerprint density at radius 3 is 3.00 bits per heavy atom. The first-order chi connectivity index (χ1) is 11.3. The van der Waals surface area contributed by atoms with Crippen molar-refractivity contribution >= 4 is 5.65 Å². The van der Waals surface area contributed by atoms with E-state index in [0.29, 0.717) is 6.04 Å². The van der Waals surface area contributed by atoms with E-state index in [0.717, 1.165) is 41.9 Å². The summed E-state index contributed by atoms with van der Waals surface area (Å²) in [7, 11) is 1.92. The molecule has 6 heteroatoms. The maximum atomic E-state index is 4.84. The molecule has 3 aromatic rings. The van der Waals surface area contributed by atoms with Gasteiger partial charge in [-0.1, -0.05) is 6.42 Å². The molecule has 0 spiro atoms. The van der Waals surface area contributed by atoms with Crippen LogP contribution in [0.3, 0.4) is 0 Å². The van der Waals surface area contributed by atoms with Crippen molar-refractivity contribution < 1.29 is 0 Å². The van der Waals surface area contributed by atoms with E-state index in [2.05, 4.69) is 21.6 Å². The van der Waals surface area contributed by atoms with E-state index in [9.17, 15) is 0 Å². The summed E-state index contributed by atoms with van der Waals surface area (Å²) in [6.45, 7) is 1.16. The molecule has 6 nitrogen and oxygen atoms in total. The van der Waals surface area contributed by atoms with Crippen LogP contribution in [0.25, 0.3) is 16.8 Å². The lowest BCUT2D eigenvalue weighted by molar-refractivity contribution is 0.382. The third kappa shape index (κ3) is 2.99. The Bertz CT molecular complexity index is 796. The molecule has 120 valence electrons. The number of hydrogen-bond donors (Lipinski definition) is 1. The summed E-state index contributed by atoms with van der Waals surface area (Å²) in [5.41, 5.74) is 4.14. The van der Waals surface area contributed by atoms with Crippen LogP contribution in [-0.2, 0) is 13.5 Å². The van der Waals surface area contributed by atoms with Crippen molar-refractivity contribution in [1.82, 2.24) is 29.7 Å². The first-order valence-electron chi connectivity index (χ1n) is 8.35. The fourth-order valence-corrected chi connectivity index (χ4v) is 3.30. The van der Waals surface area contributed by atoms with E-state index in [-0.39, 0.29) is 0 Å². The highest BCUT2D eigenvalue weighted by atomic mass is 15.3. The topological polar surface area (TPSA) is 60.0 Å². The number of piperidine rings is 1. The van der Waals surface area contributed by atoms with Gasteiger partial charge in [0.2, 0.25) is 0 Å². The van der Waals surface area contributed by atoms with Crippen LogP contribution in [0.15, 0.2) is 30.9 Å². The van der Waals surface area contributed by atoms with Crippen LogP contribution in [0, 0.1) is 0 Å². The molecule has 1 aliphatic rings. The average molecular weight is 310 g/mol. The van der Waals surface area contributed by atoms with Crippen molar-refractivity contribution in [2.75, 3.05) is 6.54 Å². The Hall–Kier alpha value is -2.21. The molecule has 1 aliphatic heterocycles. The molecule has 0 saturated carbocycles. The molecule has 4 heterocycles. The third-order valence-corrected chi connectivity index (χ3v) is 4.60. The van der Waals surface area contributed by atoms with E-state index in [1.54, 1.807) is 4.68 Å². The minimum atomic E-state index is 0.643. The van der Waals surface area contributed by atoms with Crippen LogP contribution in [-0.4, -0.2) is 37.0 Å². The van der Waals surface area contributed by atoms with Crippen molar-refractivity contribution in [1.29, 1.82) is 0 Å². The van der Waals surface area contributed by atoms with Gasteiger partial charge < -0.3 is 5.32 Å². The van der Waals surface area contributed by atoms with Crippen LogP contribution < -0.4 is 5.32 Å². The lowest BCUT2D eigenvalue weighted by Gasteiger charge is -2.23. The summed E-state index contributed by atoms with van der Waals surface area (Å²) >= 11 is 0. The Labute approximate surface area is 135 Å². The highest BCUT2D eigenvalue weighted by molar-refractivity contribution is 5.76. The molecule has 1 unspecified atom stereocenters. The zero-order chi connectivity index (χ0) is 15.6. The molecule has 1 N–H and O–H groups in total. The van der Waals surface area contributed by atoms with Crippen molar-refractivity contribution in [3.8, 4) is 11.1 Å². The zero-order valence-electron chi connectivity index (χ0n) is 13.4. The number of aryl methyl sites for hydroxylation is 2. The van der Waals surface area contributed by atoms with Crippen molar-refractivity contribution in [2.45, 2.75) is 38.1 Å². The van der Waals surface area contributed by atoms with E-state index in [4.69, 9.17) is 4.98 Å². The minimum absolute atomic E-state index is 0.643. The maximum absolute atomic E-state index is 4.84. The molecule has 1 saturated heterocycles. The van der Waals surface area contributed by atoms with Gasteiger partial charge in [-0.3, -0.25) is 4.68 Å². The molecule has 0 radical (unpaired) electrons. The average Bonchev–Trinajstić information content (AvgIpc) is 3.19. The predicted octanol–water partition coefficient (Wildman–Crippen LogP) is 2.20. The second kappa shape index (κ2) is 6.12. The predicted molar refractivity (Wildman–Crippen MR) is 89.2 cm³/mol. The lowest BCUT2D eigenvalue weighted by Crippen LogP contribution is -2.34. The van der Waals surface area contributed by atoms with Crippen molar-refractivity contribution in [3.63, 3.8) is 0 Å². The van der Waals surface area contributed by atoms with Gasteiger partial charge in [-0.05, 0) is 38.3 Å². The number of rotatable bonds is 4. The van der Waals surface area contributed by atoms with Gasteiger partial charge in [0, 0.05) is 42.3 Å². The summed E-state index contributed by atoms with van der Waals surface area (Å²) in [6.07, 6.45) is 13.8. The second-order valence-corrected chi connectivity index (χ2v) is 6.33. The molecule has 1 atom stereocenters. The minimum Gasteiger partial charge on any atom is -0.314 e. The monoisotopic (exact) mass is 310 g/mol. The third-order valence-electron chi connectivity index (χ3n) is 4.60. The molecule has 0 amide bonds. The molecule has 3 aromatic heterocycles. The van der Waals surface area contributed by atoms with Gasteiger partial charge in [0.25, 0.3) is 0 Å². The van der Waals surface area contributed by atoms with Gasteiger partial charge in [0.15, 0.2) is 5.65 Å². The van der Waals surface area contributed by atoms with Gasteiger partial charge in [0.1, 0.15) is 0 Å². The van der Waals surface area contributed by atoms with E-state index in [1.807, 2.05) is 36.4 Å². The maximum Gasteiger partial charge on any atom is 0.163 e. The van der Waals surface area contributed by atoms with Crippen molar-refractivity contribution in [3.05, 3.63) is 36.5 Å². The van der Waals surface area contributed by atoms with Gasteiger partial charge in [-0.2, -0.15) is 10.2 Å². The standard InChI is InChI=1S/C17H22N6/c1-22-12-13(10-19-22)16-11-20-23-9-7-15(21-17(16)23)6-5-14-4-2-3-8-18-14/h7,9-12,14,18H,2-6,8H2,1H3. The lowest BCUT2D eigenvalue weighted by atomic mass is 10.00. The second-order valence-electron chi connectivity index (χ2n) is 6.33. The zero-order valence-corrected chi connectivity index (χ0v) is 13.4. The smallest absolute Gasteiger partial charge is 0.163 e. The largest absolute Gasteiger partial charge is 0.314 e. The highest BCUT2D eigenvalue weighted by Gasteiger charge is 2.14. The van der Waals surface area contributed by atoms with Crippen LogP contribution in [0.5, 0.6) is 0 Å². The van der Waals surface area contributed by atoms with Crippen LogP contribution in [0.4, 0.5) is 0 Å². The number of nitrogens with one attached hydrogen (secondary N) is 1. The quantitative estimate of drug-likeness (QED) is 0.802. The normalized spacial score (nSPS) is 18.6. The number of aromatic nitrogens is 5. The molecule has 4 rings (SSSR count). The Morgan fingerprint density at radius 2 is 2.22 bits per heavy atom. The number of fused-ring (bicyclic) bond motifs is 1. The summed E-state index contributed by atoms with van der Waals surface area (Å²) in [5, 5.41) is 12.2.